The van der Waals surface area contributed by atoms with Crippen molar-refractivity contribution in [3.63, 3.8) is 0 Å². The molecule has 6 heteroatoms. The number of nitrogens with zero attached hydrogens (tertiary/aromatic N) is 3. The van der Waals surface area contributed by atoms with E-state index in [1.807, 2.05) is 54.6 Å². The third-order valence-electron chi connectivity index (χ3n) is 4.42. The summed E-state index contributed by atoms with van der Waals surface area (Å²) in [6.45, 7) is 0. The number of ether oxygens (including phenoxy) is 1. The summed E-state index contributed by atoms with van der Waals surface area (Å²) in [5.41, 5.74) is 4.48. The van der Waals surface area contributed by atoms with E-state index in [1.54, 1.807) is 19.2 Å². The van der Waals surface area contributed by atoms with Gasteiger partial charge in [-0.05, 0) is 47.0 Å². The fraction of sp³-hybridized carbons (Fsp3) is 0.0455. The Hall–Kier alpha value is -3.00. The van der Waals surface area contributed by atoms with Crippen molar-refractivity contribution < 1.29 is 9.84 Å². The molecule has 0 spiro atoms. The number of benzene rings is 3. The summed E-state index contributed by atoms with van der Waals surface area (Å²) in [6, 6.07) is 21.2. The maximum absolute atomic E-state index is 10.4. The molecule has 0 bridgehead atoms. The lowest BCUT2D eigenvalue weighted by Crippen LogP contribution is -1.96. The van der Waals surface area contributed by atoms with Gasteiger partial charge in [0.15, 0.2) is 9.66 Å². The Morgan fingerprint density at radius 3 is 2.29 bits per heavy atom. The van der Waals surface area contributed by atoms with Gasteiger partial charge in [-0.2, -0.15) is 0 Å². The molecule has 3 aromatic carbocycles. The van der Waals surface area contributed by atoms with Gasteiger partial charge in [-0.15, -0.1) is 0 Å². The predicted molar refractivity (Wildman–Crippen MR) is 117 cm³/mol. The molecule has 4 aromatic rings. The first-order chi connectivity index (χ1) is 13.7. The molecule has 0 saturated heterocycles. The van der Waals surface area contributed by atoms with E-state index in [9.17, 15) is 5.11 Å². The molecule has 0 atom stereocenters. The van der Waals surface area contributed by atoms with Crippen LogP contribution in [0, 0.1) is 3.83 Å². The summed E-state index contributed by atoms with van der Waals surface area (Å²) in [5, 5.41) is 10.4. The van der Waals surface area contributed by atoms with E-state index in [4.69, 9.17) is 4.74 Å². The van der Waals surface area contributed by atoms with E-state index in [0.29, 0.717) is 9.66 Å². The highest BCUT2D eigenvalue weighted by Crippen LogP contribution is 2.38. The zero-order chi connectivity index (χ0) is 19.5. The quantitative estimate of drug-likeness (QED) is 0.407. The van der Waals surface area contributed by atoms with Gasteiger partial charge >= 0.3 is 0 Å². The SMILES string of the molecule is COc1ccc(-c2ccc(-c3ncnc(I)n3)c(-c3ccccc3O)c2)cc1. The van der Waals surface area contributed by atoms with Crippen LogP contribution in [0.5, 0.6) is 11.5 Å². The van der Waals surface area contributed by atoms with Gasteiger partial charge in [0.05, 0.1) is 7.11 Å². The van der Waals surface area contributed by atoms with Crippen molar-refractivity contribution in [2.75, 3.05) is 7.11 Å². The molecule has 1 heterocycles. The zero-order valence-electron chi connectivity index (χ0n) is 15.0. The van der Waals surface area contributed by atoms with E-state index >= 15 is 0 Å². The minimum atomic E-state index is 0.208. The highest BCUT2D eigenvalue weighted by molar-refractivity contribution is 14.1. The third kappa shape index (κ3) is 3.68. The van der Waals surface area contributed by atoms with Crippen LogP contribution in [-0.4, -0.2) is 27.2 Å². The van der Waals surface area contributed by atoms with Crippen molar-refractivity contribution in [2.45, 2.75) is 0 Å². The van der Waals surface area contributed by atoms with Gasteiger partial charge in [-0.1, -0.05) is 36.4 Å². The largest absolute Gasteiger partial charge is 0.507 e. The number of hydrogen-bond donors (Lipinski definition) is 1. The highest BCUT2D eigenvalue weighted by Gasteiger charge is 2.15. The summed E-state index contributed by atoms with van der Waals surface area (Å²) in [4.78, 5) is 12.8. The van der Waals surface area contributed by atoms with Gasteiger partial charge < -0.3 is 9.84 Å². The van der Waals surface area contributed by atoms with E-state index < -0.39 is 0 Å². The molecule has 0 aliphatic heterocycles. The fourth-order valence-electron chi connectivity index (χ4n) is 3.03. The first kappa shape index (κ1) is 18.4. The number of aromatic nitrogens is 3. The highest BCUT2D eigenvalue weighted by atomic mass is 127. The molecule has 1 aromatic heterocycles. The molecule has 4 rings (SSSR count). The van der Waals surface area contributed by atoms with Crippen molar-refractivity contribution in [1.82, 2.24) is 15.0 Å². The number of methoxy groups -OCH3 is 1. The fourth-order valence-corrected chi connectivity index (χ4v) is 3.39. The number of hydrogen-bond acceptors (Lipinski definition) is 5. The first-order valence-electron chi connectivity index (χ1n) is 8.57. The summed E-state index contributed by atoms with van der Waals surface area (Å²) in [7, 11) is 1.65. The van der Waals surface area contributed by atoms with Crippen molar-refractivity contribution in [1.29, 1.82) is 0 Å². The minimum Gasteiger partial charge on any atom is -0.507 e. The van der Waals surface area contributed by atoms with Crippen LogP contribution in [-0.2, 0) is 0 Å². The van der Waals surface area contributed by atoms with Crippen molar-refractivity contribution in [2.24, 2.45) is 0 Å². The molecule has 1 N–H and O–H groups in total. The Balaban J connectivity index is 1.91. The average Bonchev–Trinajstić information content (AvgIpc) is 2.74. The number of para-hydroxylation sites is 1. The Kier molecular flexibility index (Phi) is 5.21. The van der Waals surface area contributed by atoms with Crippen molar-refractivity contribution >= 4 is 22.6 Å². The molecule has 138 valence electrons. The second kappa shape index (κ2) is 7.93. The second-order valence-electron chi connectivity index (χ2n) is 6.08. The Morgan fingerprint density at radius 1 is 0.821 bits per heavy atom. The molecule has 0 amide bonds. The molecule has 0 unspecified atom stereocenters. The van der Waals surface area contributed by atoms with Gasteiger partial charge in [0.25, 0.3) is 0 Å². The maximum atomic E-state index is 10.4. The Bertz CT molecular complexity index is 1130. The second-order valence-corrected chi connectivity index (χ2v) is 7.05. The number of aromatic hydroxyl groups is 1. The molecule has 0 fully saturated rings. The zero-order valence-corrected chi connectivity index (χ0v) is 17.2. The van der Waals surface area contributed by atoms with Crippen molar-refractivity contribution in [3.05, 3.63) is 76.9 Å². The molecule has 0 radical (unpaired) electrons. The van der Waals surface area contributed by atoms with Crippen LogP contribution < -0.4 is 4.74 Å². The number of rotatable bonds is 4. The van der Waals surface area contributed by atoms with E-state index in [-0.39, 0.29) is 5.75 Å². The van der Waals surface area contributed by atoms with Crippen LogP contribution in [0.4, 0.5) is 0 Å². The molecule has 0 aliphatic carbocycles. The predicted octanol–water partition coefficient (Wildman–Crippen LogP) is 5.19. The summed E-state index contributed by atoms with van der Waals surface area (Å²) in [6.07, 6.45) is 1.50. The maximum Gasteiger partial charge on any atom is 0.194 e. The van der Waals surface area contributed by atoms with Crippen LogP contribution in [0.1, 0.15) is 0 Å². The Labute approximate surface area is 176 Å². The van der Waals surface area contributed by atoms with E-state index in [1.165, 1.54) is 6.33 Å². The molecule has 0 saturated carbocycles. The van der Waals surface area contributed by atoms with Crippen LogP contribution in [0.15, 0.2) is 73.1 Å². The van der Waals surface area contributed by atoms with Gasteiger partial charge in [0.2, 0.25) is 0 Å². The number of halogens is 1. The van der Waals surface area contributed by atoms with Crippen LogP contribution in [0.3, 0.4) is 0 Å². The lowest BCUT2D eigenvalue weighted by Gasteiger charge is -2.13. The minimum absolute atomic E-state index is 0.208. The van der Waals surface area contributed by atoms with Gasteiger partial charge in [-0.25, -0.2) is 15.0 Å². The normalized spacial score (nSPS) is 10.6. The van der Waals surface area contributed by atoms with Crippen molar-refractivity contribution in [3.8, 4) is 45.1 Å². The molecular weight excluding hydrogens is 465 g/mol. The van der Waals surface area contributed by atoms with Gasteiger partial charge in [-0.3, -0.25) is 0 Å². The summed E-state index contributed by atoms with van der Waals surface area (Å²) >= 11 is 2.06. The van der Waals surface area contributed by atoms with E-state index in [0.717, 1.165) is 33.6 Å². The number of phenols is 1. The molecule has 0 aliphatic rings. The lowest BCUT2D eigenvalue weighted by molar-refractivity contribution is 0.415. The monoisotopic (exact) mass is 481 g/mol. The van der Waals surface area contributed by atoms with Gasteiger partial charge in [0, 0.05) is 33.7 Å². The number of phenolic OH excluding ortho intramolecular Hbond substituents is 1. The Morgan fingerprint density at radius 2 is 1.57 bits per heavy atom. The first-order valence-corrected chi connectivity index (χ1v) is 9.65. The van der Waals surface area contributed by atoms with Crippen LogP contribution >= 0.6 is 22.6 Å². The topological polar surface area (TPSA) is 68.1 Å². The summed E-state index contributed by atoms with van der Waals surface area (Å²) in [5.74, 6) is 1.58. The molecular formula is C22H16IN3O2. The third-order valence-corrected chi connectivity index (χ3v) is 4.94. The smallest absolute Gasteiger partial charge is 0.194 e. The molecule has 28 heavy (non-hydrogen) atoms. The summed E-state index contributed by atoms with van der Waals surface area (Å²) < 4.78 is 5.86. The van der Waals surface area contributed by atoms with E-state index in [2.05, 4.69) is 37.5 Å². The lowest BCUT2D eigenvalue weighted by atomic mass is 9.93. The van der Waals surface area contributed by atoms with Crippen LogP contribution in [0.2, 0.25) is 0 Å². The standard InChI is InChI=1S/C22H16IN3O2/c1-28-16-9-6-14(7-10-16)15-8-11-18(21-24-13-25-22(23)26-21)19(12-15)17-4-2-3-5-20(17)27/h2-13,27H,1H3. The van der Waals surface area contributed by atoms with Crippen LogP contribution in [0.25, 0.3) is 33.6 Å². The van der Waals surface area contributed by atoms with Gasteiger partial charge in [0.1, 0.15) is 17.8 Å². The average molecular weight is 481 g/mol. The molecule has 5 nitrogen and oxygen atoms in total.